The van der Waals surface area contributed by atoms with Crippen LogP contribution in [0.25, 0.3) is 0 Å². The number of halogens is 1. The average molecular weight is 363 g/mol. The van der Waals surface area contributed by atoms with Crippen LogP contribution < -0.4 is 5.32 Å². The fourth-order valence-electron chi connectivity index (χ4n) is 2.60. The third-order valence-corrected chi connectivity index (χ3v) is 5.62. The Hall–Kier alpha value is -1.00. The Bertz CT molecular complexity index is 580. The highest BCUT2D eigenvalue weighted by Crippen LogP contribution is 2.38. The summed E-state index contributed by atoms with van der Waals surface area (Å²) in [5.41, 5.74) is 2.28. The van der Waals surface area contributed by atoms with E-state index in [1.165, 1.54) is 36.3 Å². The van der Waals surface area contributed by atoms with Crippen LogP contribution >= 0.6 is 27.7 Å². The zero-order valence-corrected chi connectivity index (χ0v) is 14.3. The number of pyridine rings is 1. The first-order valence-electron chi connectivity index (χ1n) is 7.41. The number of aromatic nitrogens is 1. The molecule has 1 aliphatic rings. The molecule has 0 aliphatic heterocycles. The van der Waals surface area contributed by atoms with Gasteiger partial charge in [-0.3, -0.25) is 4.98 Å². The largest absolute Gasteiger partial charge is 0.378 e. The maximum absolute atomic E-state index is 4.41. The molecule has 0 unspecified atom stereocenters. The summed E-state index contributed by atoms with van der Waals surface area (Å²) in [5.74, 6) is 0. The van der Waals surface area contributed by atoms with Crippen molar-refractivity contribution in [3.05, 3.63) is 52.8 Å². The van der Waals surface area contributed by atoms with E-state index in [0.29, 0.717) is 0 Å². The van der Waals surface area contributed by atoms with Gasteiger partial charge in [-0.1, -0.05) is 25.0 Å². The van der Waals surface area contributed by atoms with Crippen LogP contribution in [0.5, 0.6) is 0 Å². The fraction of sp³-hybridized carbons (Fsp3) is 0.353. The summed E-state index contributed by atoms with van der Waals surface area (Å²) >= 11 is 5.44. The number of nitrogens with zero attached hydrogens (tertiary/aromatic N) is 1. The van der Waals surface area contributed by atoms with Crippen LogP contribution in [-0.2, 0) is 6.54 Å². The van der Waals surface area contributed by atoms with Gasteiger partial charge in [-0.25, -0.2) is 0 Å². The van der Waals surface area contributed by atoms with Gasteiger partial charge < -0.3 is 5.32 Å². The van der Waals surface area contributed by atoms with Crippen molar-refractivity contribution >= 4 is 33.4 Å². The number of benzene rings is 1. The van der Waals surface area contributed by atoms with E-state index < -0.39 is 0 Å². The molecule has 4 heteroatoms. The molecule has 0 amide bonds. The number of nitrogens with one attached hydrogen (secondary N) is 1. The smallest absolute Gasteiger partial charge is 0.0595 e. The molecule has 1 saturated carbocycles. The Morgan fingerprint density at radius 1 is 1.14 bits per heavy atom. The Morgan fingerprint density at radius 3 is 2.71 bits per heavy atom. The molecule has 2 aromatic rings. The van der Waals surface area contributed by atoms with Crippen LogP contribution in [0, 0.1) is 0 Å². The molecule has 1 aliphatic carbocycles. The minimum Gasteiger partial charge on any atom is -0.378 e. The van der Waals surface area contributed by atoms with Crippen LogP contribution in [-0.4, -0.2) is 10.2 Å². The number of rotatable bonds is 5. The second-order valence-electron chi connectivity index (χ2n) is 5.34. The van der Waals surface area contributed by atoms with Crippen LogP contribution in [0.2, 0.25) is 0 Å². The molecule has 1 aromatic heterocycles. The highest BCUT2D eigenvalue weighted by molar-refractivity contribution is 9.10. The van der Waals surface area contributed by atoms with Crippen LogP contribution in [0.1, 0.15) is 31.4 Å². The third kappa shape index (κ3) is 4.24. The van der Waals surface area contributed by atoms with Gasteiger partial charge in [0.2, 0.25) is 0 Å². The Balaban J connectivity index is 1.65. The molecule has 3 rings (SSSR count). The van der Waals surface area contributed by atoms with Gasteiger partial charge in [-0.05, 0) is 53.0 Å². The molecule has 21 heavy (non-hydrogen) atoms. The lowest BCUT2D eigenvalue weighted by Gasteiger charge is -2.14. The van der Waals surface area contributed by atoms with Gasteiger partial charge in [0.05, 0.1) is 12.2 Å². The van der Waals surface area contributed by atoms with E-state index in [4.69, 9.17) is 0 Å². The summed E-state index contributed by atoms with van der Waals surface area (Å²) in [6.45, 7) is 0.759. The van der Waals surface area contributed by atoms with E-state index in [1.807, 2.05) is 30.1 Å². The van der Waals surface area contributed by atoms with Gasteiger partial charge in [0, 0.05) is 26.5 Å². The summed E-state index contributed by atoms with van der Waals surface area (Å²) in [4.78, 5) is 5.77. The molecule has 0 radical (unpaired) electrons. The summed E-state index contributed by atoms with van der Waals surface area (Å²) in [5, 5.41) is 4.31. The first-order valence-corrected chi connectivity index (χ1v) is 9.08. The summed E-state index contributed by atoms with van der Waals surface area (Å²) < 4.78 is 1.02. The first kappa shape index (κ1) is 14.9. The van der Waals surface area contributed by atoms with E-state index >= 15 is 0 Å². The van der Waals surface area contributed by atoms with Crippen LogP contribution in [0.4, 0.5) is 5.69 Å². The lowest BCUT2D eigenvalue weighted by molar-refractivity contribution is 0.886. The Kier molecular flexibility index (Phi) is 5.20. The third-order valence-electron chi connectivity index (χ3n) is 3.73. The Labute approximate surface area is 138 Å². The maximum Gasteiger partial charge on any atom is 0.0595 e. The highest BCUT2D eigenvalue weighted by atomic mass is 79.9. The van der Waals surface area contributed by atoms with E-state index in [9.17, 15) is 0 Å². The van der Waals surface area contributed by atoms with Crippen molar-refractivity contribution in [2.45, 2.75) is 42.4 Å². The second-order valence-corrected chi connectivity index (χ2v) is 7.60. The average Bonchev–Trinajstić information content (AvgIpc) is 3.01. The molecule has 0 bridgehead atoms. The topological polar surface area (TPSA) is 24.9 Å². The van der Waals surface area contributed by atoms with Gasteiger partial charge in [0.15, 0.2) is 0 Å². The van der Waals surface area contributed by atoms with Gasteiger partial charge in [-0.2, -0.15) is 0 Å². The molecule has 0 atom stereocenters. The van der Waals surface area contributed by atoms with E-state index in [1.54, 1.807) is 0 Å². The lowest BCUT2D eigenvalue weighted by atomic mass is 10.3. The van der Waals surface area contributed by atoms with Crippen molar-refractivity contribution in [1.82, 2.24) is 4.98 Å². The minimum atomic E-state index is 0.759. The molecule has 1 heterocycles. The number of anilines is 1. The number of hydrogen-bond donors (Lipinski definition) is 1. The van der Waals surface area contributed by atoms with Gasteiger partial charge in [-0.15, -0.1) is 11.8 Å². The minimum absolute atomic E-state index is 0.759. The van der Waals surface area contributed by atoms with Gasteiger partial charge in [0.1, 0.15) is 0 Å². The predicted molar refractivity (Wildman–Crippen MR) is 93.8 cm³/mol. The molecular weight excluding hydrogens is 344 g/mol. The SMILES string of the molecule is Brc1ccc(CNc2ccccc2SC2CCCC2)nc1. The van der Waals surface area contributed by atoms with Gasteiger partial charge >= 0.3 is 0 Å². The zero-order chi connectivity index (χ0) is 14.5. The molecule has 1 fully saturated rings. The van der Waals surface area contributed by atoms with Crippen LogP contribution in [0.3, 0.4) is 0 Å². The summed E-state index contributed by atoms with van der Waals surface area (Å²) in [7, 11) is 0. The number of para-hydroxylation sites is 1. The van der Waals surface area contributed by atoms with Crippen molar-refractivity contribution in [2.75, 3.05) is 5.32 Å². The van der Waals surface area contributed by atoms with E-state index in [0.717, 1.165) is 22.0 Å². The lowest BCUT2D eigenvalue weighted by Crippen LogP contribution is -2.03. The molecule has 1 aromatic carbocycles. The zero-order valence-electron chi connectivity index (χ0n) is 11.9. The first-order chi connectivity index (χ1) is 10.3. The predicted octanol–water partition coefficient (Wildman–Crippen LogP) is 5.49. The van der Waals surface area contributed by atoms with Gasteiger partial charge in [0.25, 0.3) is 0 Å². The summed E-state index contributed by atoms with van der Waals surface area (Å²) in [6, 6.07) is 12.7. The molecule has 0 saturated heterocycles. The molecule has 2 nitrogen and oxygen atoms in total. The van der Waals surface area contributed by atoms with Crippen molar-refractivity contribution in [1.29, 1.82) is 0 Å². The molecule has 1 N–H and O–H groups in total. The number of hydrogen-bond acceptors (Lipinski definition) is 3. The fourth-order valence-corrected chi connectivity index (χ4v) is 4.19. The van der Waals surface area contributed by atoms with E-state index in [-0.39, 0.29) is 0 Å². The second kappa shape index (κ2) is 7.32. The summed E-state index contributed by atoms with van der Waals surface area (Å²) in [6.07, 6.45) is 7.32. The highest BCUT2D eigenvalue weighted by Gasteiger charge is 2.17. The van der Waals surface area contributed by atoms with Crippen molar-refractivity contribution in [3.63, 3.8) is 0 Å². The monoisotopic (exact) mass is 362 g/mol. The quantitative estimate of drug-likeness (QED) is 0.760. The Morgan fingerprint density at radius 2 is 1.95 bits per heavy atom. The van der Waals surface area contributed by atoms with Crippen LogP contribution in [0.15, 0.2) is 52.0 Å². The standard InChI is InChI=1S/C17H19BrN2S/c18-13-9-10-14(19-11-13)12-20-16-7-3-4-8-17(16)21-15-5-1-2-6-15/h3-4,7-11,15,20H,1-2,5-6,12H2. The maximum atomic E-state index is 4.41. The van der Waals surface area contributed by atoms with Crippen molar-refractivity contribution < 1.29 is 0 Å². The molecule has 110 valence electrons. The molecular formula is C17H19BrN2S. The molecule has 0 spiro atoms. The normalized spacial score (nSPS) is 15.3. The van der Waals surface area contributed by atoms with E-state index in [2.05, 4.69) is 50.5 Å². The van der Waals surface area contributed by atoms with Crippen molar-refractivity contribution in [2.24, 2.45) is 0 Å². The number of thioether (sulfide) groups is 1. The van der Waals surface area contributed by atoms with Crippen molar-refractivity contribution in [3.8, 4) is 0 Å².